The van der Waals surface area contributed by atoms with Crippen molar-refractivity contribution in [3.63, 3.8) is 0 Å². The number of hydrogen-bond donors (Lipinski definition) is 0. The topological polar surface area (TPSA) is 0 Å². The fraction of sp³-hybridized carbons (Fsp3) is 1.00. The van der Waals surface area contributed by atoms with Gasteiger partial charge in [-0.3, -0.25) is 0 Å². The normalized spacial score (nSPS) is 1.00. The number of halogens is 3. The average Bonchev–Trinajstić information content (AvgIpc) is 1.00. The van der Waals surface area contributed by atoms with Gasteiger partial charge in [0.05, 0.1) is 0 Å². The predicted molar refractivity (Wildman–Crippen MR) is 46.4 cm³/mol. The summed E-state index contributed by atoms with van der Waals surface area (Å²) in [7, 11) is 0. The zero-order chi connectivity index (χ0) is 2.00. The molecule has 0 aliphatic rings. The molecule has 0 N–H and O–H groups in total. The van der Waals surface area contributed by atoms with E-state index in [0.29, 0.717) is 0 Å². The molecule has 0 nitrogen and oxygen atoms in total. The fourth-order valence-electron chi connectivity index (χ4n) is 0. The molecule has 0 bridgehead atoms. The molecule has 0 spiro atoms. The molecule has 0 aromatic heterocycles. The van der Waals surface area contributed by atoms with Gasteiger partial charge in [-0.1, -0.05) is 15.9 Å². The Morgan fingerprint density at radius 3 is 0.833 bits per heavy atom. The molecule has 0 fully saturated rings. The number of rotatable bonds is 0. The smallest absolute Gasteiger partial charge is 0.147 e. The van der Waals surface area contributed by atoms with Crippen molar-refractivity contribution in [1.29, 1.82) is 0 Å². The van der Waals surface area contributed by atoms with Crippen LogP contribution < -0.4 is 0 Å². The second-order valence-corrected chi connectivity index (χ2v) is 0. The van der Waals surface area contributed by atoms with Crippen LogP contribution in [0.4, 0.5) is 0 Å². The van der Waals surface area contributed by atoms with Gasteiger partial charge in [0.25, 0.3) is 0 Å². The summed E-state index contributed by atoms with van der Waals surface area (Å²) in [5.74, 6) is 1.81. The van der Waals surface area contributed by atoms with Crippen LogP contribution in [0.3, 0.4) is 0 Å². The van der Waals surface area contributed by atoms with Crippen LogP contribution in [0.15, 0.2) is 0 Å². The van der Waals surface area contributed by atoms with Crippen LogP contribution in [0.2, 0.25) is 0 Å². The van der Waals surface area contributed by atoms with E-state index in [9.17, 15) is 0 Å². The Labute approximate surface area is 91.5 Å². The molecule has 0 radical (unpaired) electrons. The molecule has 0 atom stereocenters. The molecular weight excluding hydrogens is 211 g/mol. The molecule has 0 saturated carbocycles. The summed E-state index contributed by atoms with van der Waals surface area (Å²) in [4.78, 5) is 0. The minimum Gasteiger partial charge on any atom is -0.147 e. The zero-order valence-electron chi connectivity index (χ0n) is 2.19. The van der Waals surface area contributed by atoms with Crippen molar-refractivity contribution < 1.29 is 0 Å². The molecule has 0 aromatic rings. The first-order valence-corrected chi connectivity index (χ1v) is 1.96. The van der Waals surface area contributed by atoms with E-state index in [1.54, 1.807) is 0 Å². The van der Waals surface area contributed by atoms with Gasteiger partial charge in [-0.05, 0) is 5.83 Å². The van der Waals surface area contributed by atoms with Gasteiger partial charge in [0.15, 0.2) is 0 Å². The van der Waals surface area contributed by atoms with Crippen molar-refractivity contribution in [2.75, 3.05) is 5.83 Å². The van der Waals surface area contributed by atoms with Gasteiger partial charge < -0.3 is 0 Å². The third-order valence-electron chi connectivity index (χ3n) is 0. The van der Waals surface area contributed by atoms with Crippen LogP contribution >= 0.6 is 40.7 Å². The summed E-state index contributed by atoms with van der Waals surface area (Å²) in [6.07, 6.45) is 0. The van der Waals surface area contributed by atoms with Gasteiger partial charge >= 0.3 is 46.1 Å². The second-order valence-electron chi connectivity index (χ2n) is 0. The summed E-state index contributed by atoms with van der Waals surface area (Å²) in [6.45, 7) is 0. The molecule has 0 heterocycles. The SMILES string of the molecule is CBr.Cl.Cl.[MgH2].[MgH2]. The highest BCUT2D eigenvalue weighted by Gasteiger charge is 0.948. The molecule has 0 aromatic carbocycles. The Kier molecular flexibility index (Phi) is 314. The van der Waals surface area contributed by atoms with Crippen molar-refractivity contribution in [2.45, 2.75) is 0 Å². The van der Waals surface area contributed by atoms with E-state index in [1.807, 2.05) is 5.83 Å². The summed E-state index contributed by atoms with van der Waals surface area (Å²) in [6, 6.07) is 0. The minimum absolute atomic E-state index is 0. The standard InChI is InChI=1S/CH3Br.2ClH.2Mg.4H/c1-2;;;;;;;;/h1H3;2*1H;;;;;;. The van der Waals surface area contributed by atoms with Gasteiger partial charge in [0.2, 0.25) is 0 Å². The first kappa shape index (κ1) is 38.4. The quantitative estimate of drug-likeness (QED) is 0.399. The van der Waals surface area contributed by atoms with Gasteiger partial charge in [0.1, 0.15) is 0 Å². The molecule has 0 aliphatic heterocycles. The predicted octanol–water partition coefficient (Wildman–Crippen LogP) is 0.0223. The monoisotopic (exact) mass is 218 g/mol. The van der Waals surface area contributed by atoms with Crippen molar-refractivity contribution in [2.24, 2.45) is 0 Å². The first-order valence-electron chi connectivity index (χ1n) is 0.378. The third-order valence-corrected chi connectivity index (χ3v) is 0. The van der Waals surface area contributed by atoms with Crippen LogP contribution in [0.25, 0.3) is 0 Å². The van der Waals surface area contributed by atoms with E-state index in [1.165, 1.54) is 0 Å². The second kappa shape index (κ2) is 49.1. The highest BCUT2D eigenvalue weighted by molar-refractivity contribution is 9.08. The van der Waals surface area contributed by atoms with Crippen LogP contribution in [0.1, 0.15) is 0 Å². The Morgan fingerprint density at radius 1 is 0.833 bits per heavy atom. The van der Waals surface area contributed by atoms with E-state index in [2.05, 4.69) is 15.9 Å². The van der Waals surface area contributed by atoms with Crippen LogP contribution in [0.5, 0.6) is 0 Å². The largest absolute Gasteiger partial charge is 0.316 e. The van der Waals surface area contributed by atoms with Crippen LogP contribution in [0, 0.1) is 0 Å². The van der Waals surface area contributed by atoms with Gasteiger partial charge in [-0.15, -0.1) is 24.8 Å². The summed E-state index contributed by atoms with van der Waals surface area (Å²) < 4.78 is 0. The lowest BCUT2D eigenvalue weighted by molar-refractivity contribution is 2.60. The van der Waals surface area contributed by atoms with Gasteiger partial charge in [0, 0.05) is 0 Å². The lowest BCUT2D eigenvalue weighted by atomic mass is 12.0. The van der Waals surface area contributed by atoms with Crippen molar-refractivity contribution in [1.82, 2.24) is 0 Å². The maximum absolute atomic E-state index is 2.94. The fourth-order valence-corrected chi connectivity index (χ4v) is 0. The molecule has 6 heavy (non-hydrogen) atoms. The Morgan fingerprint density at radius 2 is 0.833 bits per heavy atom. The van der Waals surface area contributed by atoms with Crippen molar-refractivity contribution in [3.05, 3.63) is 0 Å². The number of hydrogen-bond acceptors (Lipinski definition) is 0. The Balaban J connectivity index is -0.000000000833. The van der Waals surface area contributed by atoms with Gasteiger partial charge in [-0.2, -0.15) is 0 Å². The van der Waals surface area contributed by atoms with Crippen molar-refractivity contribution in [3.8, 4) is 0 Å². The molecule has 0 rings (SSSR count). The van der Waals surface area contributed by atoms with Crippen LogP contribution in [-0.4, -0.2) is 51.9 Å². The highest BCUT2D eigenvalue weighted by atomic mass is 79.9. The molecule has 0 aliphatic carbocycles. The minimum atomic E-state index is 0. The maximum Gasteiger partial charge on any atom is 0.316 e. The van der Waals surface area contributed by atoms with Crippen LogP contribution in [-0.2, 0) is 0 Å². The van der Waals surface area contributed by atoms with E-state index in [0.717, 1.165) is 0 Å². The summed E-state index contributed by atoms with van der Waals surface area (Å²) in [5.41, 5.74) is 0. The molecular formula is CH9BrCl2Mg2. The van der Waals surface area contributed by atoms with E-state index in [-0.39, 0.29) is 70.9 Å². The Bertz CT molecular complexity index is 11.5. The molecule has 38 valence electrons. The maximum atomic E-state index is 2.94. The summed E-state index contributed by atoms with van der Waals surface area (Å²) >= 11 is 2.94. The molecule has 0 saturated heterocycles. The first-order chi connectivity index (χ1) is 1.00. The zero-order valence-corrected chi connectivity index (χ0v) is 5.41. The highest BCUT2D eigenvalue weighted by Crippen LogP contribution is 1.45. The molecule has 0 amide bonds. The Hall–Kier alpha value is 2.59. The lowest BCUT2D eigenvalue weighted by Crippen LogP contribution is -0.808. The number of alkyl halides is 1. The van der Waals surface area contributed by atoms with E-state index < -0.39 is 0 Å². The molecule has 5 heteroatoms. The average molecular weight is 221 g/mol. The molecule has 0 unspecified atom stereocenters. The lowest BCUT2D eigenvalue weighted by Gasteiger charge is -1.05. The third kappa shape index (κ3) is 30.7. The summed E-state index contributed by atoms with van der Waals surface area (Å²) in [5, 5.41) is 0. The van der Waals surface area contributed by atoms with Crippen molar-refractivity contribution >= 4 is 86.8 Å². The van der Waals surface area contributed by atoms with Gasteiger partial charge in [-0.25, -0.2) is 0 Å². The van der Waals surface area contributed by atoms with E-state index in [4.69, 9.17) is 0 Å². The van der Waals surface area contributed by atoms with E-state index >= 15 is 0 Å².